The van der Waals surface area contributed by atoms with E-state index in [9.17, 15) is 0 Å². The summed E-state index contributed by atoms with van der Waals surface area (Å²) in [6.45, 7) is 0.700. The van der Waals surface area contributed by atoms with Crippen molar-refractivity contribution in [2.24, 2.45) is 0 Å². The highest BCUT2D eigenvalue weighted by Gasteiger charge is 2.31. The zero-order chi connectivity index (χ0) is 11.9. The lowest BCUT2D eigenvalue weighted by atomic mass is 9.77. The number of benzene rings is 1. The van der Waals surface area contributed by atoms with Crippen LogP contribution in [0.5, 0.6) is 0 Å². The molecule has 4 nitrogen and oxygen atoms in total. The fraction of sp³-hybridized carbons (Fsp3) is 0.429. The van der Waals surface area contributed by atoms with Crippen LogP contribution in [0, 0.1) is 0 Å². The zero-order valence-electron chi connectivity index (χ0n) is 10.1. The number of hydrogen-bond acceptors (Lipinski definition) is 4. The van der Waals surface area contributed by atoms with Crippen molar-refractivity contribution in [2.45, 2.75) is 37.8 Å². The Labute approximate surface area is 105 Å². The molecule has 4 rings (SSSR count). The van der Waals surface area contributed by atoms with E-state index in [1.54, 1.807) is 0 Å². The van der Waals surface area contributed by atoms with Gasteiger partial charge >= 0.3 is 0 Å². The van der Waals surface area contributed by atoms with E-state index in [1.807, 2.05) is 0 Å². The number of fused-ring (bicyclic) bond motifs is 1. The second-order valence-corrected chi connectivity index (χ2v) is 5.14. The van der Waals surface area contributed by atoms with Gasteiger partial charge in [-0.15, -0.1) is 10.2 Å². The topological polar surface area (TPSA) is 51.0 Å². The maximum atomic E-state index is 5.74. The fourth-order valence-corrected chi connectivity index (χ4v) is 2.48. The molecule has 2 aliphatic rings. The summed E-state index contributed by atoms with van der Waals surface area (Å²) >= 11 is 0. The van der Waals surface area contributed by atoms with Crippen LogP contribution in [-0.4, -0.2) is 16.2 Å². The number of nitrogens with zero attached hydrogens (tertiary/aromatic N) is 2. The minimum absolute atomic E-state index is 0.309. The lowest BCUT2D eigenvalue weighted by Crippen LogP contribution is -2.18. The molecule has 1 aromatic heterocycles. The molecule has 4 heteroatoms. The third-order valence-electron chi connectivity index (χ3n) is 3.75. The van der Waals surface area contributed by atoms with E-state index < -0.39 is 0 Å². The van der Waals surface area contributed by atoms with Gasteiger partial charge in [0.2, 0.25) is 11.8 Å². The van der Waals surface area contributed by atoms with Crippen LogP contribution in [0.4, 0.5) is 0 Å². The third-order valence-corrected chi connectivity index (χ3v) is 3.75. The Bertz CT molecular complexity index is 574. The summed E-state index contributed by atoms with van der Waals surface area (Å²) in [5.74, 6) is 1.78. The Morgan fingerprint density at radius 3 is 2.94 bits per heavy atom. The number of nitrogens with one attached hydrogen (secondary N) is 1. The smallest absolute Gasteiger partial charge is 0.230 e. The van der Waals surface area contributed by atoms with Gasteiger partial charge in [0.15, 0.2) is 0 Å². The van der Waals surface area contributed by atoms with Crippen LogP contribution in [0.2, 0.25) is 0 Å². The van der Waals surface area contributed by atoms with Crippen molar-refractivity contribution < 1.29 is 4.42 Å². The van der Waals surface area contributed by atoms with Gasteiger partial charge in [-0.2, -0.15) is 0 Å². The first-order valence-corrected chi connectivity index (χ1v) is 6.53. The molecule has 1 saturated carbocycles. The van der Waals surface area contributed by atoms with Crippen LogP contribution in [-0.2, 0) is 13.0 Å². The number of rotatable bonds is 4. The lowest BCUT2D eigenvalue weighted by Gasteiger charge is -2.26. The summed E-state index contributed by atoms with van der Waals surface area (Å²) in [5, 5.41) is 11.7. The second kappa shape index (κ2) is 3.92. The van der Waals surface area contributed by atoms with Crippen LogP contribution in [0.3, 0.4) is 0 Å². The molecule has 2 aromatic rings. The molecular formula is C14H15N3O. The first kappa shape index (κ1) is 10.3. The second-order valence-electron chi connectivity index (χ2n) is 5.14. The van der Waals surface area contributed by atoms with Crippen LogP contribution in [0.15, 0.2) is 28.7 Å². The Kier molecular flexibility index (Phi) is 2.23. The highest BCUT2D eigenvalue weighted by molar-refractivity contribution is 5.43. The maximum Gasteiger partial charge on any atom is 0.230 e. The maximum absolute atomic E-state index is 5.74. The average Bonchev–Trinajstić information content (AvgIpc) is 3.08. The molecule has 0 radical (unpaired) electrons. The lowest BCUT2D eigenvalue weighted by molar-refractivity contribution is 0.406. The molecule has 1 N–H and O–H groups in total. The quantitative estimate of drug-likeness (QED) is 0.889. The van der Waals surface area contributed by atoms with E-state index in [0.29, 0.717) is 24.4 Å². The molecule has 1 unspecified atom stereocenters. The summed E-state index contributed by atoms with van der Waals surface area (Å²) in [5.41, 5.74) is 2.74. The summed E-state index contributed by atoms with van der Waals surface area (Å²) in [6, 6.07) is 9.13. The number of aromatic nitrogens is 2. The van der Waals surface area contributed by atoms with Gasteiger partial charge in [0.25, 0.3) is 0 Å². The van der Waals surface area contributed by atoms with Crippen molar-refractivity contribution in [3.63, 3.8) is 0 Å². The zero-order valence-corrected chi connectivity index (χ0v) is 10.1. The van der Waals surface area contributed by atoms with E-state index in [4.69, 9.17) is 4.42 Å². The van der Waals surface area contributed by atoms with Crippen LogP contribution in [0.1, 0.15) is 41.7 Å². The van der Waals surface area contributed by atoms with E-state index in [-0.39, 0.29) is 0 Å². The highest BCUT2D eigenvalue weighted by atomic mass is 16.4. The Hall–Kier alpha value is -1.68. The minimum Gasteiger partial charge on any atom is -0.423 e. The van der Waals surface area contributed by atoms with Gasteiger partial charge in [-0.05, 0) is 30.4 Å². The standard InChI is InChI=1S/C14H15N3O/c1-2-4-11-9(3-1)7-12(11)14-17-16-13(18-14)8-15-10-5-6-10/h1-4,10,12,15H,5-8H2. The first-order valence-electron chi connectivity index (χ1n) is 6.53. The van der Waals surface area contributed by atoms with Crippen molar-refractivity contribution in [3.05, 3.63) is 47.2 Å². The first-order chi connectivity index (χ1) is 8.90. The average molecular weight is 241 g/mol. The molecule has 2 aliphatic carbocycles. The van der Waals surface area contributed by atoms with E-state index in [2.05, 4.69) is 39.8 Å². The third kappa shape index (κ3) is 1.73. The summed E-state index contributed by atoms with van der Waals surface area (Å²) in [7, 11) is 0. The number of hydrogen-bond donors (Lipinski definition) is 1. The minimum atomic E-state index is 0.309. The van der Waals surface area contributed by atoms with E-state index >= 15 is 0 Å². The molecule has 0 saturated heterocycles. The molecular weight excluding hydrogens is 226 g/mol. The summed E-state index contributed by atoms with van der Waals surface area (Å²) in [6.07, 6.45) is 3.57. The predicted octanol–water partition coefficient (Wildman–Crippen LogP) is 2.01. The molecule has 1 heterocycles. The van der Waals surface area contributed by atoms with Crippen molar-refractivity contribution >= 4 is 0 Å². The normalized spacial score (nSPS) is 21.4. The van der Waals surface area contributed by atoms with Crippen LogP contribution in [0.25, 0.3) is 0 Å². The van der Waals surface area contributed by atoms with Gasteiger partial charge in [0.05, 0.1) is 12.5 Å². The van der Waals surface area contributed by atoms with Gasteiger partial charge in [-0.3, -0.25) is 0 Å². The Morgan fingerprint density at radius 2 is 2.11 bits per heavy atom. The monoisotopic (exact) mass is 241 g/mol. The van der Waals surface area contributed by atoms with Gasteiger partial charge < -0.3 is 9.73 Å². The largest absolute Gasteiger partial charge is 0.423 e. The van der Waals surface area contributed by atoms with Crippen molar-refractivity contribution in [1.29, 1.82) is 0 Å². The van der Waals surface area contributed by atoms with Gasteiger partial charge in [-0.25, -0.2) is 0 Å². The fourth-order valence-electron chi connectivity index (χ4n) is 2.48. The molecule has 92 valence electrons. The molecule has 1 atom stereocenters. The SMILES string of the molecule is c1ccc2c(c1)CC2c1nnc(CNC2CC2)o1. The molecule has 1 aromatic carbocycles. The van der Waals surface area contributed by atoms with Crippen LogP contribution < -0.4 is 5.32 Å². The Morgan fingerprint density at radius 1 is 1.22 bits per heavy atom. The van der Waals surface area contributed by atoms with Crippen molar-refractivity contribution in [2.75, 3.05) is 0 Å². The predicted molar refractivity (Wildman–Crippen MR) is 66.1 cm³/mol. The van der Waals surface area contributed by atoms with E-state index in [0.717, 1.165) is 12.3 Å². The molecule has 0 aliphatic heterocycles. The van der Waals surface area contributed by atoms with E-state index in [1.165, 1.54) is 24.0 Å². The molecule has 0 bridgehead atoms. The van der Waals surface area contributed by atoms with Gasteiger partial charge in [0, 0.05) is 6.04 Å². The molecule has 1 fully saturated rings. The highest BCUT2D eigenvalue weighted by Crippen LogP contribution is 2.39. The molecule has 18 heavy (non-hydrogen) atoms. The van der Waals surface area contributed by atoms with Crippen LogP contribution >= 0.6 is 0 Å². The summed E-state index contributed by atoms with van der Waals surface area (Å²) in [4.78, 5) is 0. The van der Waals surface area contributed by atoms with Crippen molar-refractivity contribution in [3.8, 4) is 0 Å². The summed E-state index contributed by atoms with van der Waals surface area (Å²) < 4.78 is 5.74. The van der Waals surface area contributed by atoms with Gasteiger partial charge in [0.1, 0.15) is 0 Å². The molecule has 0 amide bonds. The Balaban J connectivity index is 1.49. The van der Waals surface area contributed by atoms with Crippen molar-refractivity contribution in [1.82, 2.24) is 15.5 Å². The van der Waals surface area contributed by atoms with Gasteiger partial charge in [-0.1, -0.05) is 24.3 Å². The molecule has 0 spiro atoms.